The first-order chi connectivity index (χ1) is 13.7. The molecular formula is C23H27N3OS. The van der Waals surface area contributed by atoms with Crippen LogP contribution in [-0.2, 0) is 6.42 Å². The molecule has 1 fully saturated rings. The van der Waals surface area contributed by atoms with Gasteiger partial charge in [-0.2, -0.15) is 0 Å². The number of hydrogen-bond donors (Lipinski definition) is 1. The molecule has 0 saturated carbocycles. The number of para-hydroxylation sites is 2. The van der Waals surface area contributed by atoms with Gasteiger partial charge in [0.15, 0.2) is 4.77 Å². The molecule has 1 saturated heterocycles. The number of H-pyrrole nitrogens is 1. The first-order valence-corrected chi connectivity index (χ1v) is 10.7. The van der Waals surface area contributed by atoms with E-state index in [0.717, 1.165) is 53.7 Å². The summed E-state index contributed by atoms with van der Waals surface area (Å²) in [4.78, 5) is 18.2. The number of likely N-dealkylation sites (tertiary alicyclic amines) is 1. The molecule has 0 aliphatic carbocycles. The van der Waals surface area contributed by atoms with Crippen LogP contribution in [-0.4, -0.2) is 33.4 Å². The van der Waals surface area contributed by atoms with Crippen molar-refractivity contribution in [2.24, 2.45) is 0 Å². The van der Waals surface area contributed by atoms with E-state index in [4.69, 9.17) is 12.2 Å². The van der Waals surface area contributed by atoms with Crippen molar-refractivity contribution in [2.75, 3.05) is 13.1 Å². The number of benzene rings is 2. The van der Waals surface area contributed by atoms with Crippen molar-refractivity contribution in [1.29, 1.82) is 0 Å². The molecule has 0 spiro atoms. The van der Waals surface area contributed by atoms with Gasteiger partial charge in [0, 0.05) is 24.7 Å². The van der Waals surface area contributed by atoms with E-state index in [1.165, 1.54) is 18.4 Å². The molecule has 3 aromatic rings. The molecule has 146 valence electrons. The van der Waals surface area contributed by atoms with Crippen LogP contribution in [0.5, 0.6) is 0 Å². The van der Waals surface area contributed by atoms with Gasteiger partial charge in [0.25, 0.3) is 5.91 Å². The second kappa shape index (κ2) is 8.31. The molecule has 0 bridgehead atoms. The summed E-state index contributed by atoms with van der Waals surface area (Å²) in [5.74, 6) is 0.142. The molecule has 28 heavy (non-hydrogen) atoms. The van der Waals surface area contributed by atoms with Crippen LogP contribution in [0.15, 0.2) is 48.5 Å². The van der Waals surface area contributed by atoms with E-state index in [1.54, 1.807) is 0 Å². The SMILES string of the molecule is CCCCc1ccc(C(=O)N2CCC(n3c(=S)[nH]c4ccccc43)CC2)cc1. The molecule has 1 aliphatic rings. The van der Waals surface area contributed by atoms with E-state index in [1.807, 2.05) is 29.2 Å². The van der Waals surface area contributed by atoms with Gasteiger partial charge < -0.3 is 14.5 Å². The Morgan fingerprint density at radius 2 is 1.82 bits per heavy atom. The number of hydrogen-bond acceptors (Lipinski definition) is 2. The predicted molar refractivity (Wildman–Crippen MR) is 116 cm³/mol. The summed E-state index contributed by atoms with van der Waals surface area (Å²) in [6.07, 6.45) is 5.32. The Bertz CT molecular complexity index is 1010. The highest BCUT2D eigenvalue weighted by Gasteiger charge is 2.26. The minimum atomic E-state index is 0.142. The van der Waals surface area contributed by atoms with Crippen LogP contribution in [0.4, 0.5) is 0 Å². The van der Waals surface area contributed by atoms with Gasteiger partial charge in [0.1, 0.15) is 0 Å². The Labute approximate surface area is 171 Å². The Morgan fingerprint density at radius 3 is 2.54 bits per heavy atom. The standard InChI is InChI=1S/C23H27N3OS/c1-2-3-6-17-9-11-18(12-10-17)22(27)25-15-13-19(14-16-25)26-21-8-5-4-7-20(21)24-23(26)28/h4-5,7-12,19H,2-3,6,13-16H2,1H3,(H,24,28). The lowest BCUT2D eigenvalue weighted by molar-refractivity contribution is 0.0695. The second-order valence-electron chi connectivity index (χ2n) is 7.64. The second-order valence-corrected chi connectivity index (χ2v) is 8.03. The van der Waals surface area contributed by atoms with Gasteiger partial charge in [-0.05, 0) is 67.7 Å². The molecule has 0 unspecified atom stereocenters. The number of aromatic amines is 1. The van der Waals surface area contributed by atoms with Gasteiger partial charge in [-0.3, -0.25) is 4.79 Å². The number of nitrogens with zero attached hydrogens (tertiary/aromatic N) is 2. The maximum atomic E-state index is 12.9. The fourth-order valence-electron chi connectivity index (χ4n) is 4.14. The molecule has 2 heterocycles. The van der Waals surface area contributed by atoms with E-state index in [-0.39, 0.29) is 5.91 Å². The molecule has 1 aromatic heterocycles. The maximum Gasteiger partial charge on any atom is 0.253 e. The topological polar surface area (TPSA) is 41.0 Å². The van der Waals surface area contributed by atoms with Gasteiger partial charge in [-0.15, -0.1) is 0 Å². The third-order valence-corrected chi connectivity index (χ3v) is 6.06. The Hall–Kier alpha value is -2.40. The molecule has 4 rings (SSSR count). The number of carbonyl (C=O) groups excluding carboxylic acids is 1. The largest absolute Gasteiger partial charge is 0.338 e. The monoisotopic (exact) mass is 393 g/mol. The third kappa shape index (κ3) is 3.76. The van der Waals surface area contributed by atoms with Crippen LogP contribution in [0.2, 0.25) is 0 Å². The van der Waals surface area contributed by atoms with Gasteiger partial charge in [-0.1, -0.05) is 37.6 Å². The summed E-state index contributed by atoms with van der Waals surface area (Å²) in [5, 5.41) is 0. The third-order valence-electron chi connectivity index (χ3n) is 5.76. The average Bonchev–Trinajstić information content (AvgIpc) is 3.08. The van der Waals surface area contributed by atoms with Crippen molar-refractivity contribution in [1.82, 2.24) is 14.5 Å². The highest BCUT2D eigenvalue weighted by atomic mass is 32.1. The summed E-state index contributed by atoms with van der Waals surface area (Å²) in [6.45, 7) is 3.73. The summed E-state index contributed by atoms with van der Waals surface area (Å²) in [5.41, 5.74) is 4.34. The molecule has 1 amide bonds. The van der Waals surface area contributed by atoms with Crippen molar-refractivity contribution in [3.05, 3.63) is 64.4 Å². The smallest absolute Gasteiger partial charge is 0.253 e. The quantitative estimate of drug-likeness (QED) is 0.580. The number of aromatic nitrogens is 2. The van der Waals surface area contributed by atoms with Crippen molar-refractivity contribution in [3.63, 3.8) is 0 Å². The normalized spacial score (nSPS) is 15.2. The lowest BCUT2D eigenvalue weighted by Gasteiger charge is -2.33. The number of unbranched alkanes of at least 4 members (excludes halogenated alkanes) is 1. The number of rotatable bonds is 5. The van der Waals surface area contributed by atoms with Crippen LogP contribution in [0.25, 0.3) is 11.0 Å². The number of amides is 1. The van der Waals surface area contributed by atoms with Crippen LogP contribution < -0.4 is 0 Å². The Balaban J connectivity index is 1.43. The first kappa shape index (κ1) is 18.9. The van der Waals surface area contributed by atoms with Crippen LogP contribution >= 0.6 is 12.2 Å². The van der Waals surface area contributed by atoms with Crippen LogP contribution in [0, 0.1) is 4.77 Å². The summed E-state index contributed by atoms with van der Waals surface area (Å²) in [7, 11) is 0. The number of aryl methyl sites for hydroxylation is 1. The minimum Gasteiger partial charge on any atom is -0.338 e. The zero-order valence-electron chi connectivity index (χ0n) is 16.4. The first-order valence-electron chi connectivity index (χ1n) is 10.2. The number of nitrogens with one attached hydrogen (secondary N) is 1. The van der Waals surface area contributed by atoms with Gasteiger partial charge >= 0.3 is 0 Å². The minimum absolute atomic E-state index is 0.142. The summed E-state index contributed by atoms with van der Waals surface area (Å²) >= 11 is 5.56. The molecule has 0 atom stereocenters. The highest BCUT2D eigenvalue weighted by molar-refractivity contribution is 7.71. The molecule has 2 aromatic carbocycles. The van der Waals surface area contributed by atoms with E-state index >= 15 is 0 Å². The predicted octanol–water partition coefficient (Wildman–Crippen LogP) is 5.52. The molecular weight excluding hydrogens is 366 g/mol. The Morgan fingerprint density at radius 1 is 1.11 bits per heavy atom. The molecule has 0 radical (unpaired) electrons. The number of piperidine rings is 1. The highest BCUT2D eigenvalue weighted by Crippen LogP contribution is 2.28. The van der Waals surface area contributed by atoms with E-state index < -0.39 is 0 Å². The van der Waals surface area contributed by atoms with Gasteiger partial charge in [0.2, 0.25) is 0 Å². The lowest BCUT2D eigenvalue weighted by Crippen LogP contribution is -2.39. The zero-order valence-corrected chi connectivity index (χ0v) is 17.2. The maximum absolute atomic E-state index is 12.9. The number of fused-ring (bicyclic) bond motifs is 1. The van der Waals surface area contributed by atoms with Crippen molar-refractivity contribution in [2.45, 2.75) is 45.1 Å². The molecule has 1 N–H and O–H groups in total. The lowest BCUT2D eigenvalue weighted by atomic mass is 10.0. The summed E-state index contributed by atoms with van der Waals surface area (Å²) < 4.78 is 3.00. The fraction of sp³-hybridized carbons (Fsp3) is 0.391. The van der Waals surface area contributed by atoms with Crippen molar-refractivity contribution < 1.29 is 4.79 Å². The Kier molecular flexibility index (Phi) is 5.62. The number of carbonyl (C=O) groups is 1. The molecule has 5 heteroatoms. The average molecular weight is 394 g/mol. The number of imidazole rings is 1. The van der Waals surface area contributed by atoms with Gasteiger partial charge in [-0.25, -0.2) is 0 Å². The molecule has 4 nitrogen and oxygen atoms in total. The van der Waals surface area contributed by atoms with E-state index in [9.17, 15) is 4.79 Å². The van der Waals surface area contributed by atoms with Crippen LogP contribution in [0.1, 0.15) is 54.6 Å². The van der Waals surface area contributed by atoms with Crippen molar-refractivity contribution in [3.8, 4) is 0 Å². The summed E-state index contributed by atoms with van der Waals surface area (Å²) in [6, 6.07) is 16.7. The van der Waals surface area contributed by atoms with Gasteiger partial charge in [0.05, 0.1) is 11.0 Å². The fourth-order valence-corrected chi connectivity index (χ4v) is 4.50. The molecule has 1 aliphatic heterocycles. The van der Waals surface area contributed by atoms with Crippen LogP contribution in [0.3, 0.4) is 0 Å². The van der Waals surface area contributed by atoms with Crippen molar-refractivity contribution >= 4 is 29.2 Å². The zero-order chi connectivity index (χ0) is 19.5. The van der Waals surface area contributed by atoms with E-state index in [0.29, 0.717) is 6.04 Å². The van der Waals surface area contributed by atoms with E-state index in [2.05, 4.69) is 40.7 Å².